The van der Waals surface area contributed by atoms with E-state index in [0.29, 0.717) is 28.8 Å². The molecule has 0 spiro atoms. The van der Waals surface area contributed by atoms with Crippen molar-refractivity contribution in [1.29, 1.82) is 0 Å². The maximum Gasteiger partial charge on any atom is 0.127 e. The van der Waals surface area contributed by atoms with Crippen LogP contribution in [0.1, 0.15) is 18.9 Å². The molecule has 15 heavy (non-hydrogen) atoms. The highest BCUT2D eigenvalue weighted by molar-refractivity contribution is 6.31. The Morgan fingerprint density at radius 3 is 2.80 bits per heavy atom. The van der Waals surface area contributed by atoms with Gasteiger partial charge in [0.15, 0.2) is 0 Å². The molecule has 0 heterocycles. The fourth-order valence-electron chi connectivity index (χ4n) is 2.06. The molecule has 0 saturated heterocycles. The summed E-state index contributed by atoms with van der Waals surface area (Å²) in [5.41, 5.74) is 6.57. The number of hydrogen-bond donors (Lipinski definition) is 1. The zero-order valence-electron chi connectivity index (χ0n) is 8.71. The third-order valence-corrected chi connectivity index (χ3v) is 3.58. The van der Waals surface area contributed by atoms with Crippen molar-refractivity contribution in [3.63, 3.8) is 0 Å². The Balaban J connectivity index is 2.10. The van der Waals surface area contributed by atoms with Crippen LogP contribution in [-0.2, 0) is 6.42 Å². The maximum atomic E-state index is 13.5. The van der Waals surface area contributed by atoms with E-state index in [4.69, 9.17) is 17.3 Å². The molecule has 3 heteroatoms. The average molecular weight is 228 g/mol. The maximum absolute atomic E-state index is 13.5. The summed E-state index contributed by atoms with van der Waals surface area (Å²) < 4.78 is 13.5. The van der Waals surface area contributed by atoms with Crippen LogP contribution < -0.4 is 5.73 Å². The van der Waals surface area contributed by atoms with Crippen LogP contribution in [0.4, 0.5) is 4.39 Å². The Hall–Kier alpha value is -0.600. The van der Waals surface area contributed by atoms with Crippen molar-refractivity contribution in [2.75, 3.05) is 0 Å². The molecule has 1 aliphatic rings. The van der Waals surface area contributed by atoms with Crippen molar-refractivity contribution in [2.45, 2.75) is 25.8 Å². The second kappa shape index (κ2) is 4.11. The molecule has 3 unspecified atom stereocenters. The fourth-order valence-corrected chi connectivity index (χ4v) is 2.30. The Bertz CT molecular complexity index is 346. The van der Waals surface area contributed by atoms with Crippen molar-refractivity contribution in [2.24, 2.45) is 17.6 Å². The average Bonchev–Trinajstić information content (AvgIpc) is 2.89. The Morgan fingerprint density at radius 1 is 1.60 bits per heavy atom. The normalized spacial score (nSPS) is 26.4. The second-order valence-corrected chi connectivity index (χ2v) is 4.85. The Kier molecular flexibility index (Phi) is 2.98. The van der Waals surface area contributed by atoms with E-state index in [-0.39, 0.29) is 11.9 Å². The molecule has 0 aromatic heterocycles. The molecule has 0 amide bonds. The van der Waals surface area contributed by atoms with Gasteiger partial charge in [0.05, 0.1) is 0 Å². The summed E-state index contributed by atoms with van der Waals surface area (Å²) in [6.45, 7) is 2.17. The van der Waals surface area contributed by atoms with Crippen molar-refractivity contribution in [3.8, 4) is 0 Å². The lowest BCUT2D eigenvalue weighted by molar-refractivity contribution is 0.536. The molecule has 1 aromatic carbocycles. The van der Waals surface area contributed by atoms with Crippen molar-refractivity contribution < 1.29 is 4.39 Å². The van der Waals surface area contributed by atoms with Gasteiger partial charge in [-0.3, -0.25) is 0 Å². The lowest BCUT2D eigenvalue weighted by atomic mass is 10.0. The van der Waals surface area contributed by atoms with Gasteiger partial charge in [-0.05, 0) is 36.8 Å². The van der Waals surface area contributed by atoms with E-state index in [0.717, 1.165) is 6.42 Å². The van der Waals surface area contributed by atoms with Crippen molar-refractivity contribution in [3.05, 3.63) is 34.6 Å². The zero-order valence-corrected chi connectivity index (χ0v) is 9.47. The molecule has 1 nitrogen and oxygen atoms in total. The van der Waals surface area contributed by atoms with E-state index < -0.39 is 0 Å². The van der Waals surface area contributed by atoms with Gasteiger partial charge in [0, 0.05) is 16.6 Å². The van der Waals surface area contributed by atoms with Crippen LogP contribution in [0.25, 0.3) is 0 Å². The molecule has 1 aromatic rings. The van der Waals surface area contributed by atoms with E-state index in [1.807, 2.05) is 0 Å². The van der Waals surface area contributed by atoms with Gasteiger partial charge in [-0.15, -0.1) is 0 Å². The molecule has 2 N–H and O–H groups in total. The summed E-state index contributed by atoms with van der Waals surface area (Å²) in [5, 5.41) is 0.485. The van der Waals surface area contributed by atoms with E-state index >= 15 is 0 Å². The van der Waals surface area contributed by atoms with E-state index in [9.17, 15) is 4.39 Å². The monoisotopic (exact) mass is 227 g/mol. The molecular formula is C12H15ClFN. The number of halogens is 2. The van der Waals surface area contributed by atoms with Crippen molar-refractivity contribution in [1.82, 2.24) is 0 Å². The summed E-state index contributed by atoms with van der Waals surface area (Å²) in [5.74, 6) is 0.984. The molecule has 0 bridgehead atoms. The van der Waals surface area contributed by atoms with Crippen LogP contribution in [0, 0.1) is 17.7 Å². The van der Waals surface area contributed by atoms with Gasteiger partial charge in [0.25, 0.3) is 0 Å². The predicted octanol–water partition coefficient (Wildman–Crippen LogP) is 3.00. The van der Waals surface area contributed by atoms with Crippen LogP contribution in [0.5, 0.6) is 0 Å². The van der Waals surface area contributed by atoms with Gasteiger partial charge < -0.3 is 5.73 Å². The van der Waals surface area contributed by atoms with Crippen LogP contribution in [0.2, 0.25) is 5.02 Å². The summed E-state index contributed by atoms with van der Waals surface area (Å²) in [6.07, 6.45) is 1.70. The molecule has 1 aliphatic carbocycles. The van der Waals surface area contributed by atoms with E-state index in [1.165, 1.54) is 6.07 Å². The minimum Gasteiger partial charge on any atom is -0.327 e. The highest BCUT2D eigenvalue weighted by Gasteiger charge is 2.37. The van der Waals surface area contributed by atoms with Crippen molar-refractivity contribution >= 4 is 11.6 Å². The topological polar surface area (TPSA) is 26.0 Å². The first-order valence-electron chi connectivity index (χ1n) is 5.28. The first kappa shape index (κ1) is 10.9. The van der Waals surface area contributed by atoms with Gasteiger partial charge in [-0.25, -0.2) is 4.39 Å². The van der Waals surface area contributed by atoms with Crippen LogP contribution in [0.15, 0.2) is 18.2 Å². The fraction of sp³-hybridized carbons (Fsp3) is 0.500. The number of benzene rings is 1. The molecule has 0 aliphatic heterocycles. The first-order chi connectivity index (χ1) is 7.09. The van der Waals surface area contributed by atoms with Gasteiger partial charge in [-0.1, -0.05) is 24.6 Å². The minimum atomic E-state index is -0.244. The SMILES string of the molecule is CC1CC1C(N)Cc1c(F)cccc1Cl. The summed E-state index contributed by atoms with van der Waals surface area (Å²) in [6, 6.07) is 4.80. The second-order valence-electron chi connectivity index (χ2n) is 4.45. The largest absolute Gasteiger partial charge is 0.327 e. The molecule has 2 rings (SSSR count). The molecule has 3 atom stereocenters. The zero-order chi connectivity index (χ0) is 11.0. The summed E-state index contributed by atoms with van der Waals surface area (Å²) in [4.78, 5) is 0. The molecule has 82 valence electrons. The van der Waals surface area contributed by atoms with Crippen LogP contribution >= 0.6 is 11.6 Å². The Labute approximate surface area is 94.4 Å². The smallest absolute Gasteiger partial charge is 0.127 e. The van der Waals surface area contributed by atoms with Gasteiger partial charge in [-0.2, -0.15) is 0 Å². The Morgan fingerprint density at radius 2 is 2.27 bits per heavy atom. The quantitative estimate of drug-likeness (QED) is 0.844. The lowest BCUT2D eigenvalue weighted by Gasteiger charge is -2.12. The standard InChI is InChI=1S/C12H15ClFN/c1-7-5-8(7)12(15)6-9-10(13)3-2-4-11(9)14/h2-4,7-8,12H,5-6,15H2,1H3. The molecular weight excluding hydrogens is 213 g/mol. The third-order valence-electron chi connectivity index (χ3n) is 3.22. The van der Waals surface area contributed by atoms with E-state index in [1.54, 1.807) is 12.1 Å². The molecule has 0 radical (unpaired) electrons. The van der Waals surface area contributed by atoms with Crippen LogP contribution in [-0.4, -0.2) is 6.04 Å². The third kappa shape index (κ3) is 2.32. The number of nitrogens with two attached hydrogens (primary N) is 1. The highest BCUT2D eigenvalue weighted by atomic mass is 35.5. The van der Waals surface area contributed by atoms with Gasteiger partial charge >= 0.3 is 0 Å². The minimum absolute atomic E-state index is 0.0365. The summed E-state index contributed by atoms with van der Waals surface area (Å²) in [7, 11) is 0. The van der Waals surface area contributed by atoms with Gasteiger partial charge in [0.2, 0.25) is 0 Å². The first-order valence-corrected chi connectivity index (χ1v) is 5.66. The number of rotatable bonds is 3. The summed E-state index contributed by atoms with van der Waals surface area (Å²) >= 11 is 5.94. The highest BCUT2D eigenvalue weighted by Crippen LogP contribution is 2.41. The van der Waals surface area contributed by atoms with Crippen LogP contribution in [0.3, 0.4) is 0 Å². The molecule has 1 saturated carbocycles. The van der Waals surface area contributed by atoms with E-state index in [2.05, 4.69) is 6.92 Å². The predicted molar refractivity (Wildman–Crippen MR) is 60.4 cm³/mol. The molecule has 1 fully saturated rings. The number of hydrogen-bond acceptors (Lipinski definition) is 1. The lowest BCUT2D eigenvalue weighted by Crippen LogP contribution is -2.26. The van der Waals surface area contributed by atoms with Gasteiger partial charge in [0.1, 0.15) is 5.82 Å².